The number of fused-ring (bicyclic) bond motifs is 1. The first-order valence-corrected chi connectivity index (χ1v) is 9.07. The molecule has 3 aromatic rings. The number of nitrogens with two attached hydrogens (primary N) is 1. The second-order valence-corrected chi connectivity index (χ2v) is 7.72. The molecular formula is C18H22N6O. The van der Waals surface area contributed by atoms with E-state index in [-0.39, 0.29) is 6.04 Å². The molecule has 130 valence electrons. The molecule has 0 spiro atoms. The summed E-state index contributed by atoms with van der Waals surface area (Å²) in [5.74, 6) is 1.67. The fourth-order valence-corrected chi connectivity index (χ4v) is 3.50. The maximum absolute atomic E-state index is 6.35. The van der Waals surface area contributed by atoms with Gasteiger partial charge in [-0.25, -0.2) is 9.67 Å². The molecule has 2 N–H and O–H groups in total. The van der Waals surface area contributed by atoms with Crippen molar-refractivity contribution >= 4 is 11.0 Å². The van der Waals surface area contributed by atoms with Crippen molar-refractivity contribution < 1.29 is 4.52 Å². The molecule has 0 radical (unpaired) electrons. The van der Waals surface area contributed by atoms with Crippen molar-refractivity contribution in [3.63, 3.8) is 0 Å². The second kappa shape index (κ2) is 5.11. The zero-order valence-electron chi connectivity index (χ0n) is 14.6. The molecule has 3 heterocycles. The number of hydrogen-bond donors (Lipinski definition) is 1. The van der Waals surface area contributed by atoms with Crippen LogP contribution in [0.5, 0.6) is 0 Å². The van der Waals surface area contributed by atoms with Crippen LogP contribution < -0.4 is 5.73 Å². The van der Waals surface area contributed by atoms with Gasteiger partial charge in [0.2, 0.25) is 0 Å². The minimum absolute atomic E-state index is 0.243. The van der Waals surface area contributed by atoms with Gasteiger partial charge in [-0.1, -0.05) is 5.16 Å². The molecule has 2 aliphatic rings. The number of pyridine rings is 1. The van der Waals surface area contributed by atoms with Crippen molar-refractivity contribution in [2.45, 2.75) is 63.5 Å². The van der Waals surface area contributed by atoms with Gasteiger partial charge in [-0.3, -0.25) is 0 Å². The zero-order valence-corrected chi connectivity index (χ0v) is 14.6. The molecule has 3 aromatic heterocycles. The summed E-state index contributed by atoms with van der Waals surface area (Å²) in [6.45, 7) is 4.22. The number of hydrogen-bond acceptors (Lipinski definition) is 6. The largest absolute Gasteiger partial charge is 0.334 e. The first kappa shape index (κ1) is 15.0. The fourth-order valence-electron chi connectivity index (χ4n) is 3.50. The van der Waals surface area contributed by atoms with Crippen LogP contribution in [0.15, 0.2) is 16.8 Å². The van der Waals surface area contributed by atoms with Crippen LogP contribution in [0.2, 0.25) is 0 Å². The fraction of sp³-hybridized carbons (Fsp3) is 0.556. The van der Waals surface area contributed by atoms with Crippen molar-refractivity contribution in [2.75, 3.05) is 0 Å². The Morgan fingerprint density at radius 1 is 1.28 bits per heavy atom. The van der Waals surface area contributed by atoms with Crippen LogP contribution in [0.4, 0.5) is 0 Å². The Labute approximate surface area is 145 Å². The standard InChI is InChI=1S/C18H22N6O/c1-10(2)24-15-13(9-20-24)12(8-14(21-15)11-4-5-11)16-22-17(23-25-16)18(19)6-3-7-18/h8-11H,3-7,19H2,1-2H3. The third kappa shape index (κ3) is 2.29. The Balaban J connectivity index is 1.67. The van der Waals surface area contributed by atoms with Gasteiger partial charge < -0.3 is 10.3 Å². The predicted octanol–water partition coefficient (Wildman–Crippen LogP) is 3.28. The van der Waals surface area contributed by atoms with Gasteiger partial charge in [-0.2, -0.15) is 10.1 Å². The van der Waals surface area contributed by atoms with E-state index in [1.165, 1.54) is 12.8 Å². The van der Waals surface area contributed by atoms with Crippen molar-refractivity contribution in [1.82, 2.24) is 24.9 Å². The van der Waals surface area contributed by atoms with E-state index in [0.717, 1.165) is 41.6 Å². The Kier molecular flexibility index (Phi) is 3.07. The van der Waals surface area contributed by atoms with Gasteiger partial charge in [0.1, 0.15) is 0 Å². The minimum Gasteiger partial charge on any atom is -0.334 e. The van der Waals surface area contributed by atoms with Crippen molar-refractivity contribution in [3.05, 3.63) is 23.8 Å². The molecule has 7 nitrogen and oxygen atoms in total. The lowest BCUT2D eigenvalue weighted by Crippen LogP contribution is -2.44. The Hall–Kier alpha value is -2.28. The summed E-state index contributed by atoms with van der Waals surface area (Å²) in [4.78, 5) is 9.51. The molecule has 0 saturated heterocycles. The van der Waals surface area contributed by atoms with Crippen LogP contribution in [-0.2, 0) is 5.54 Å². The average molecular weight is 338 g/mol. The quantitative estimate of drug-likeness (QED) is 0.784. The Morgan fingerprint density at radius 3 is 2.72 bits per heavy atom. The minimum atomic E-state index is -0.421. The molecule has 0 bridgehead atoms. The number of rotatable bonds is 4. The molecule has 2 fully saturated rings. The molecule has 7 heteroatoms. The summed E-state index contributed by atoms with van der Waals surface area (Å²) in [6.07, 6.45) is 7.17. The highest BCUT2D eigenvalue weighted by molar-refractivity contribution is 5.90. The lowest BCUT2D eigenvalue weighted by molar-refractivity contribution is 0.229. The monoisotopic (exact) mass is 338 g/mol. The van der Waals surface area contributed by atoms with Crippen molar-refractivity contribution in [2.24, 2.45) is 5.73 Å². The van der Waals surface area contributed by atoms with Gasteiger partial charge >= 0.3 is 0 Å². The smallest absolute Gasteiger partial charge is 0.258 e. The summed E-state index contributed by atoms with van der Waals surface area (Å²) in [5.41, 5.74) is 8.82. The highest BCUT2D eigenvalue weighted by Gasteiger charge is 2.39. The second-order valence-electron chi connectivity index (χ2n) is 7.72. The van der Waals surface area contributed by atoms with Gasteiger partial charge in [0.05, 0.1) is 22.7 Å². The molecule has 0 aliphatic heterocycles. The van der Waals surface area contributed by atoms with E-state index in [1.807, 2.05) is 10.9 Å². The molecule has 25 heavy (non-hydrogen) atoms. The van der Waals surface area contributed by atoms with Crippen LogP contribution in [0.1, 0.15) is 69.4 Å². The molecule has 0 unspecified atom stereocenters. The highest BCUT2D eigenvalue weighted by atomic mass is 16.5. The Bertz CT molecular complexity index is 948. The molecule has 2 aliphatic carbocycles. The molecule has 2 saturated carbocycles. The third-order valence-corrected chi connectivity index (χ3v) is 5.42. The van der Waals surface area contributed by atoms with Gasteiger partial charge in [-0.05, 0) is 52.0 Å². The lowest BCUT2D eigenvalue weighted by Gasteiger charge is -2.34. The number of nitrogens with zero attached hydrogens (tertiary/aromatic N) is 5. The number of aromatic nitrogens is 5. The zero-order chi connectivity index (χ0) is 17.2. The van der Waals surface area contributed by atoms with E-state index in [9.17, 15) is 0 Å². The summed E-state index contributed by atoms with van der Waals surface area (Å²) < 4.78 is 7.56. The molecular weight excluding hydrogens is 316 g/mol. The first-order chi connectivity index (χ1) is 12.0. The maximum Gasteiger partial charge on any atom is 0.258 e. The normalized spacial score (nSPS) is 19.5. The van der Waals surface area contributed by atoms with E-state index >= 15 is 0 Å². The van der Waals surface area contributed by atoms with Gasteiger partial charge in [0.15, 0.2) is 11.5 Å². The van der Waals surface area contributed by atoms with E-state index < -0.39 is 5.54 Å². The predicted molar refractivity (Wildman–Crippen MR) is 92.9 cm³/mol. The van der Waals surface area contributed by atoms with E-state index in [4.69, 9.17) is 15.2 Å². The van der Waals surface area contributed by atoms with Crippen LogP contribution >= 0.6 is 0 Å². The molecule has 0 atom stereocenters. The van der Waals surface area contributed by atoms with Crippen molar-refractivity contribution in [1.29, 1.82) is 0 Å². The van der Waals surface area contributed by atoms with Gasteiger partial charge in [-0.15, -0.1) is 0 Å². The highest BCUT2D eigenvalue weighted by Crippen LogP contribution is 2.42. The molecule has 0 aromatic carbocycles. The van der Waals surface area contributed by atoms with E-state index in [1.54, 1.807) is 0 Å². The van der Waals surface area contributed by atoms with E-state index in [0.29, 0.717) is 17.6 Å². The first-order valence-electron chi connectivity index (χ1n) is 9.07. The average Bonchev–Trinajstić information content (AvgIpc) is 3.14. The molecule has 0 amide bonds. The summed E-state index contributed by atoms with van der Waals surface area (Å²) in [7, 11) is 0. The van der Waals surface area contributed by atoms with E-state index in [2.05, 4.69) is 35.2 Å². The topological polar surface area (TPSA) is 95.7 Å². The summed E-state index contributed by atoms with van der Waals surface area (Å²) in [5, 5.41) is 9.64. The maximum atomic E-state index is 6.35. The van der Waals surface area contributed by atoms with Crippen LogP contribution in [0.3, 0.4) is 0 Å². The molecule has 5 rings (SSSR count). The van der Waals surface area contributed by atoms with Crippen LogP contribution in [-0.4, -0.2) is 24.9 Å². The third-order valence-electron chi connectivity index (χ3n) is 5.42. The van der Waals surface area contributed by atoms with Gasteiger partial charge in [0, 0.05) is 17.7 Å². The SMILES string of the molecule is CC(C)n1ncc2c(-c3nc(C4(N)CCC4)no3)cc(C3CC3)nc21. The van der Waals surface area contributed by atoms with Gasteiger partial charge in [0.25, 0.3) is 5.89 Å². The van der Waals surface area contributed by atoms with Crippen molar-refractivity contribution in [3.8, 4) is 11.5 Å². The van der Waals surface area contributed by atoms with Crippen LogP contribution in [0, 0.1) is 0 Å². The lowest BCUT2D eigenvalue weighted by atomic mass is 9.77. The Morgan fingerprint density at radius 2 is 2.08 bits per heavy atom. The summed E-state index contributed by atoms with van der Waals surface area (Å²) in [6, 6.07) is 2.33. The van der Waals surface area contributed by atoms with Crippen LogP contribution in [0.25, 0.3) is 22.5 Å². The summed E-state index contributed by atoms with van der Waals surface area (Å²) >= 11 is 0.